The lowest BCUT2D eigenvalue weighted by atomic mass is 9.92. The summed E-state index contributed by atoms with van der Waals surface area (Å²) in [5.74, 6) is 1.64. The molecule has 2 aromatic carbocycles. The molecule has 1 aliphatic rings. The summed E-state index contributed by atoms with van der Waals surface area (Å²) in [4.78, 5) is 27.4. The van der Waals surface area contributed by atoms with E-state index in [1.54, 1.807) is 42.3 Å². The fourth-order valence-corrected chi connectivity index (χ4v) is 3.35. The first-order valence-electron chi connectivity index (χ1n) is 10.4. The smallest absolute Gasteiger partial charge is 0.262 e. The molecule has 0 saturated heterocycles. The molecule has 1 aliphatic heterocycles. The van der Waals surface area contributed by atoms with E-state index in [2.05, 4.69) is 19.2 Å². The summed E-state index contributed by atoms with van der Waals surface area (Å²) in [5.41, 5.74) is 0.588. The van der Waals surface area contributed by atoms with Gasteiger partial charge in [-0.3, -0.25) is 9.59 Å². The van der Waals surface area contributed by atoms with Gasteiger partial charge in [-0.05, 0) is 50.1 Å². The van der Waals surface area contributed by atoms with Gasteiger partial charge >= 0.3 is 0 Å². The fourth-order valence-electron chi connectivity index (χ4n) is 3.35. The Morgan fingerprint density at radius 1 is 1.19 bits per heavy atom. The van der Waals surface area contributed by atoms with Crippen LogP contribution in [0.1, 0.15) is 27.7 Å². The van der Waals surface area contributed by atoms with Crippen LogP contribution in [0.5, 0.6) is 17.2 Å². The Labute approximate surface area is 183 Å². The average molecular weight is 427 g/mol. The lowest BCUT2D eigenvalue weighted by Gasteiger charge is -2.29. The zero-order valence-electron chi connectivity index (χ0n) is 18.7. The van der Waals surface area contributed by atoms with Crippen molar-refractivity contribution in [2.24, 2.45) is 11.3 Å². The van der Waals surface area contributed by atoms with Crippen molar-refractivity contribution in [1.82, 2.24) is 0 Å². The summed E-state index contributed by atoms with van der Waals surface area (Å²) in [6.07, 6.45) is 0. The number of fused-ring (bicyclic) bond motifs is 1. The summed E-state index contributed by atoms with van der Waals surface area (Å²) in [6, 6.07) is 12.5. The first-order chi connectivity index (χ1) is 14.7. The Morgan fingerprint density at radius 3 is 2.58 bits per heavy atom. The highest BCUT2D eigenvalue weighted by atomic mass is 16.5. The van der Waals surface area contributed by atoms with E-state index in [-0.39, 0.29) is 24.3 Å². The summed E-state index contributed by atoms with van der Waals surface area (Å²) in [6.45, 7) is 8.58. The van der Waals surface area contributed by atoms with Gasteiger partial charge in [0.05, 0.1) is 18.2 Å². The Bertz CT molecular complexity index is 955. The van der Waals surface area contributed by atoms with E-state index in [0.29, 0.717) is 41.8 Å². The number of amides is 2. The van der Waals surface area contributed by atoms with Crippen molar-refractivity contribution in [2.45, 2.75) is 27.7 Å². The molecule has 31 heavy (non-hydrogen) atoms. The highest BCUT2D eigenvalue weighted by molar-refractivity contribution is 6.00. The van der Waals surface area contributed by atoms with Gasteiger partial charge < -0.3 is 24.4 Å². The van der Waals surface area contributed by atoms with Crippen LogP contribution in [0.15, 0.2) is 42.5 Å². The van der Waals surface area contributed by atoms with Gasteiger partial charge in [0, 0.05) is 12.2 Å². The van der Waals surface area contributed by atoms with Crippen LogP contribution in [0.3, 0.4) is 0 Å². The quantitative estimate of drug-likeness (QED) is 0.721. The maximum absolute atomic E-state index is 13.1. The van der Waals surface area contributed by atoms with Gasteiger partial charge in [0.15, 0.2) is 18.1 Å². The van der Waals surface area contributed by atoms with Crippen LogP contribution >= 0.6 is 0 Å². The van der Waals surface area contributed by atoms with Gasteiger partial charge in [-0.1, -0.05) is 26.0 Å². The molecule has 0 aliphatic carbocycles. The third-order valence-electron chi connectivity index (χ3n) is 4.92. The molecular weight excluding hydrogens is 396 g/mol. The number of hydrogen-bond acceptors (Lipinski definition) is 5. The summed E-state index contributed by atoms with van der Waals surface area (Å²) < 4.78 is 16.7. The van der Waals surface area contributed by atoms with Crippen LogP contribution in [0, 0.1) is 11.3 Å². The van der Waals surface area contributed by atoms with Gasteiger partial charge in [-0.15, -0.1) is 0 Å². The Kier molecular flexibility index (Phi) is 6.73. The molecule has 0 radical (unpaired) electrons. The van der Waals surface area contributed by atoms with E-state index in [1.807, 2.05) is 26.0 Å². The molecule has 0 unspecified atom stereocenters. The second-order valence-electron chi connectivity index (χ2n) is 8.65. The Morgan fingerprint density at radius 2 is 1.90 bits per heavy atom. The molecule has 1 heterocycles. The largest absolute Gasteiger partial charge is 0.493 e. The predicted octanol–water partition coefficient (Wildman–Crippen LogP) is 4.12. The van der Waals surface area contributed by atoms with Gasteiger partial charge in [0.25, 0.3) is 5.91 Å². The number of nitrogens with zero attached hydrogens (tertiary/aromatic N) is 1. The van der Waals surface area contributed by atoms with E-state index < -0.39 is 5.41 Å². The van der Waals surface area contributed by atoms with Crippen molar-refractivity contribution < 1.29 is 23.8 Å². The molecule has 7 heteroatoms. The van der Waals surface area contributed by atoms with Gasteiger partial charge in [0.1, 0.15) is 12.4 Å². The Hall–Kier alpha value is -3.22. The van der Waals surface area contributed by atoms with Crippen molar-refractivity contribution in [3.63, 3.8) is 0 Å². The highest BCUT2D eigenvalue weighted by Gasteiger charge is 2.38. The number of hydrogen-bond donors (Lipinski definition) is 1. The van der Waals surface area contributed by atoms with Crippen molar-refractivity contribution in [2.75, 3.05) is 37.1 Å². The second kappa shape index (κ2) is 9.29. The minimum atomic E-state index is -0.639. The van der Waals surface area contributed by atoms with Gasteiger partial charge in [-0.2, -0.15) is 0 Å². The van der Waals surface area contributed by atoms with Crippen molar-refractivity contribution in [3.8, 4) is 17.2 Å². The van der Waals surface area contributed by atoms with Crippen molar-refractivity contribution in [3.05, 3.63) is 42.5 Å². The minimum absolute atomic E-state index is 0.00272. The van der Waals surface area contributed by atoms with Crippen LogP contribution in [0.25, 0.3) is 0 Å². The molecule has 2 aromatic rings. The third-order valence-corrected chi connectivity index (χ3v) is 4.92. The summed E-state index contributed by atoms with van der Waals surface area (Å²) >= 11 is 0. The number of benzene rings is 2. The molecule has 2 amide bonds. The molecule has 3 rings (SSSR count). The van der Waals surface area contributed by atoms with Gasteiger partial charge in [-0.25, -0.2) is 0 Å². The number of nitrogens with one attached hydrogen (secondary N) is 1. The third kappa shape index (κ3) is 5.29. The number of anilines is 2. The Balaban J connectivity index is 1.77. The zero-order valence-corrected chi connectivity index (χ0v) is 18.7. The normalized spacial score (nSPS) is 15.0. The molecule has 7 nitrogen and oxygen atoms in total. The molecule has 0 atom stereocenters. The summed E-state index contributed by atoms with van der Waals surface area (Å²) in [5, 5.41) is 2.83. The van der Waals surface area contributed by atoms with Crippen LogP contribution in [-0.4, -0.2) is 38.7 Å². The van der Waals surface area contributed by atoms with Crippen LogP contribution in [0.4, 0.5) is 11.4 Å². The van der Waals surface area contributed by atoms with E-state index >= 15 is 0 Å². The number of carbonyl (C=O) groups excluding carboxylic acids is 2. The first kappa shape index (κ1) is 22.5. The SMILES string of the molecule is COc1ccccc1OCC(=O)Nc1ccc2c(c1)N(CC(C)C)C(=O)C(C)(C)CO2. The highest BCUT2D eigenvalue weighted by Crippen LogP contribution is 2.38. The molecule has 0 fully saturated rings. The number of carbonyl (C=O) groups is 2. The second-order valence-corrected chi connectivity index (χ2v) is 8.65. The molecular formula is C24H30N2O5. The molecule has 166 valence electrons. The monoisotopic (exact) mass is 426 g/mol. The van der Waals surface area contributed by atoms with Crippen molar-refractivity contribution in [1.29, 1.82) is 0 Å². The van der Waals surface area contributed by atoms with E-state index in [9.17, 15) is 9.59 Å². The van der Waals surface area contributed by atoms with E-state index in [4.69, 9.17) is 14.2 Å². The molecule has 0 aromatic heterocycles. The maximum Gasteiger partial charge on any atom is 0.262 e. The van der Waals surface area contributed by atoms with Crippen LogP contribution in [-0.2, 0) is 9.59 Å². The molecule has 0 spiro atoms. The predicted molar refractivity (Wildman–Crippen MR) is 120 cm³/mol. The van der Waals surface area contributed by atoms with Crippen LogP contribution in [0.2, 0.25) is 0 Å². The van der Waals surface area contributed by atoms with E-state index in [1.165, 1.54) is 0 Å². The lowest BCUT2D eigenvalue weighted by molar-refractivity contribution is -0.127. The topological polar surface area (TPSA) is 77.1 Å². The molecule has 0 saturated carbocycles. The molecule has 0 bridgehead atoms. The number of para-hydroxylation sites is 2. The van der Waals surface area contributed by atoms with E-state index in [0.717, 1.165) is 0 Å². The standard InChI is InChI=1S/C24H30N2O5/c1-16(2)13-26-18-12-17(10-11-19(18)31-15-24(3,4)23(26)28)25-22(27)14-30-21-9-7-6-8-20(21)29-5/h6-12,16H,13-15H2,1-5H3,(H,25,27). The minimum Gasteiger partial charge on any atom is -0.493 e. The zero-order chi connectivity index (χ0) is 22.6. The molecule has 1 N–H and O–H groups in total. The lowest BCUT2D eigenvalue weighted by Crippen LogP contribution is -2.43. The number of ether oxygens (including phenoxy) is 3. The number of rotatable bonds is 7. The summed E-state index contributed by atoms with van der Waals surface area (Å²) in [7, 11) is 1.55. The maximum atomic E-state index is 13.1. The van der Waals surface area contributed by atoms with Crippen LogP contribution < -0.4 is 24.4 Å². The fraction of sp³-hybridized carbons (Fsp3) is 0.417. The first-order valence-corrected chi connectivity index (χ1v) is 10.4. The number of methoxy groups -OCH3 is 1. The van der Waals surface area contributed by atoms with Crippen molar-refractivity contribution >= 4 is 23.2 Å². The van der Waals surface area contributed by atoms with Gasteiger partial charge in [0.2, 0.25) is 5.91 Å². The average Bonchev–Trinajstić information content (AvgIpc) is 2.82.